The van der Waals surface area contributed by atoms with Crippen LogP contribution >= 0.6 is 0 Å². The predicted octanol–water partition coefficient (Wildman–Crippen LogP) is 4.03. The highest BCUT2D eigenvalue weighted by Crippen LogP contribution is 2.43. The molecule has 0 aliphatic carbocycles. The number of ether oxygens (including phenoxy) is 2. The van der Waals surface area contributed by atoms with Crippen LogP contribution in [0.3, 0.4) is 0 Å². The third-order valence-electron chi connectivity index (χ3n) is 5.34. The maximum absolute atomic E-state index is 13.2. The smallest absolute Gasteiger partial charge is 0.301 e. The first-order valence-corrected chi connectivity index (χ1v) is 9.98. The van der Waals surface area contributed by atoms with Gasteiger partial charge in [0, 0.05) is 11.3 Å². The first-order chi connectivity index (χ1) is 15.5. The number of pyridine rings is 1. The Labute approximate surface area is 185 Å². The molecule has 1 fully saturated rings. The first kappa shape index (κ1) is 21.1. The molecule has 162 valence electrons. The Morgan fingerprint density at radius 1 is 0.938 bits per heavy atom. The largest absolute Gasteiger partial charge is 0.507 e. The van der Waals surface area contributed by atoms with Crippen LogP contribution in [0.4, 0.5) is 5.82 Å². The van der Waals surface area contributed by atoms with Crippen LogP contribution in [0, 0.1) is 6.92 Å². The van der Waals surface area contributed by atoms with Crippen LogP contribution < -0.4 is 14.4 Å². The summed E-state index contributed by atoms with van der Waals surface area (Å²) >= 11 is 0. The molecule has 1 atom stereocenters. The van der Waals surface area contributed by atoms with E-state index in [2.05, 4.69) is 4.98 Å². The predicted molar refractivity (Wildman–Crippen MR) is 120 cm³/mol. The van der Waals surface area contributed by atoms with Gasteiger partial charge in [0.25, 0.3) is 5.78 Å². The van der Waals surface area contributed by atoms with Crippen LogP contribution in [-0.2, 0) is 9.59 Å². The van der Waals surface area contributed by atoms with Crippen LogP contribution in [0.25, 0.3) is 5.76 Å². The SMILES string of the molecule is COc1ccc(C2/C(=C(/O)c3ccccc3)C(=O)C(=O)N2c2cccc(C)n2)cc1OC. The molecular weight excluding hydrogens is 408 g/mol. The zero-order valence-electron chi connectivity index (χ0n) is 17.9. The first-order valence-electron chi connectivity index (χ1n) is 9.98. The van der Waals surface area contributed by atoms with Gasteiger partial charge in [0.1, 0.15) is 11.6 Å². The Morgan fingerprint density at radius 2 is 1.66 bits per heavy atom. The second-order valence-electron chi connectivity index (χ2n) is 7.29. The van der Waals surface area contributed by atoms with E-state index in [1.165, 1.54) is 19.1 Å². The number of carbonyl (C=O) groups excluding carboxylic acids is 2. The standard InChI is InChI=1S/C25H22N2O5/c1-15-8-7-11-20(26-15)27-22(17-12-13-18(31-2)19(14-17)32-3)21(24(29)25(27)30)23(28)16-9-5-4-6-10-16/h4-14,22,28H,1-3H3/b23-21-. The number of benzene rings is 2. The van der Waals surface area contributed by atoms with E-state index in [1.54, 1.807) is 73.7 Å². The molecule has 2 heterocycles. The lowest BCUT2D eigenvalue weighted by Gasteiger charge is -2.25. The van der Waals surface area contributed by atoms with Gasteiger partial charge >= 0.3 is 5.91 Å². The Bertz CT molecular complexity index is 1220. The minimum absolute atomic E-state index is 0.0169. The molecule has 7 nitrogen and oxygen atoms in total. The average Bonchev–Trinajstić information content (AvgIpc) is 3.09. The maximum atomic E-state index is 13.2. The third-order valence-corrected chi connectivity index (χ3v) is 5.34. The van der Waals surface area contributed by atoms with E-state index in [1.807, 2.05) is 0 Å². The van der Waals surface area contributed by atoms with E-state index in [4.69, 9.17) is 9.47 Å². The average molecular weight is 430 g/mol. The molecular formula is C25H22N2O5. The highest BCUT2D eigenvalue weighted by Gasteiger charge is 2.47. The molecule has 3 aromatic rings. The molecule has 2 aromatic carbocycles. The highest BCUT2D eigenvalue weighted by molar-refractivity contribution is 6.51. The fraction of sp³-hybridized carbons (Fsp3) is 0.160. The van der Waals surface area contributed by atoms with Gasteiger partial charge in [0.2, 0.25) is 0 Å². The summed E-state index contributed by atoms with van der Waals surface area (Å²) in [5.41, 5.74) is 1.69. The Balaban J connectivity index is 1.97. The third kappa shape index (κ3) is 3.58. The van der Waals surface area contributed by atoms with Crippen molar-refractivity contribution in [2.45, 2.75) is 13.0 Å². The summed E-state index contributed by atoms with van der Waals surface area (Å²) < 4.78 is 10.7. The lowest BCUT2D eigenvalue weighted by atomic mass is 9.95. The highest BCUT2D eigenvalue weighted by atomic mass is 16.5. The molecule has 1 aliphatic heterocycles. The summed E-state index contributed by atoms with van der Waals surface area (Å²) in [6.07, 6.45) is 0. The van der Waals surface area contributed by atoms with Crippen molar-refractivity contribution >= 4 is 23.3 Å². The zero-order chi connectivity index (χ0) is 22.8. The number of nitrogens with zero attached hydrogens (tertiary/aromatic N) is 2. The quantitative estimate of drug-likeness (QED) is 0.373. The molecule has 0 bridgehead atoms. The normalized spacial score (nSPS) is 17.5. The van der Waals surface area contributed by atoms with Crippen molar-refractivity contribution in [2.24, 2.45) is 0 Å². The van der Waals surface area contributed by atoms with Crippen LogP contribution in [0.2, 0.25) is 0 Å². The lowest BCUT2D eigenvalue weighted by molar-refractivity contribution is -0.132. The summed E-state index contributed by atoms with van der Waals surface area (Å²) in [4.78, 5) is 32.1. The summed E-state index contributed by atoms with van der Waals surface area (Å²) in [7, 11) is 3.03. The summed E-state index contributed by atoms with van der Waals surface area (Å²) in [6.45, 7) is 1.80. The topological polar surface area (TPSA) is 89.0 Å². The number of hydrogen-bond donors (Lipinski definition) is 1. The Kier molecular flexibility index (Phi) is 5.64. The number of Topliss-reactive ketones (excluding diaryl/α,β-unsaturated/α-hetero) is 1. The number of hydrogen-bond acceptors (Lipinski definition) is 6. The van der Waals surface area contributed by atoms with Gasteiger partial charge < -0.3 is 14.6 Å². The van der Waals surface area contributed by atoms with Crippen LogP contribution in [0.1, 0.15) is 22.9 Å². The fourth-order valence-corrected chi connectivity index (χ4v) is 3.82. The van der Waals surface area contributed by atoms with Gasteiger partial charge in [-0.25, -0.2) is 4.98 Å². The molecule has 1 aromatic heterocycles. The molecule has 0 spiro atoms. The Morgan fingerprint density at radius 3 is 2.31 bits per heavy atom. The molecule has 1 saturated heterocycles. The van der Waals surface area contributed by atoms with Gasteiger partial charge in [-0.1, -0.05) is 42.5 Å². The number of methoxy groups -OCH3 is 2. The molecule has 1 amide bonds. The molecule has 32 heavy (non-hydrogen) atoms. The number of aliphatic hydroxyl groups excluding tert-OH is 1. The second kappa shape index (κ2) is 8.55. The number of aryl methyl sites for hydroxylation is 1. The van der Waals surface area contributed by atoms with Crippen LogP contribution in [0.5, 0.6) is 11.5 Å². The van der Waals surface area contributed by atoms with Gasteiger partial charge in [-0.15, -0.1) is 0 Å². The molecule has 7 heteroatoms. The van der Waals surface area contributed by atoms with Gasteiger partial charge in [-0.3, -0.25) is 14.5 Å². The molecule has 1 N–H and O–H groups in total. The van der Waals surface area contributed by atoms with Crippen molar-refractivity contribution < 1.29 is 24.2 Å². The number of rotatable bonds is 5. The number of ketones is 1. The lowest BCUT2D eigenvalue weighted by Crippen LogP contribution is -2.30. The maximum Gasteiger partial charge on any atom is 0.301 e. The Hall–Kier alpha value is -4.13. The minimum atomic E-state index is -0.899. The molecule has 1 aliphatic rings. The van der Waals surface area contributed by atoms with Gasteiger partial charge in [0.15, 0.2) is 11.5 Å². The van der Waals surface area contributed by atoms with E-state index in [0.29, 0.717) is 34.1 Å². The number of anilines is 1. The molecule has 0 radical (unpaired) electrons. The number of carbonyl (C=O) groups is 2. The van der Waals surface area contributed by atoms with E-state index < -0.39 is 17.7 Å². The van der Waals surface area contributed by atoms with E-state index in [9.17, 15) is 14.7 Å². The minimum Gasteiger partial charge on any atom is -0.507 e. The van der Waals surface area contributed by atoms with Gasteiger partial charge in [-0.05, 0) is 36.8 Å². The summed E-state index contributed by atoms with van der Waals surface area (Å²) in [6, 6.07) is 18.1. The number of aliphatic hydroxyl groups is 1. The van der Waals surface area contributed by atoms with Gasteiger partial charge in [-0.2, -0.15) is 0 Å². The number of amides is 1. The second-order valence-corrected chi connectivity index (χ2v) is 7.29. The van der Waals surface area contributed by atoms with E-state index in [-0.39, 0.29) is 11.3 Å². The summed E-state index contributed by atoms with van der Waals surface area (Å²) in [5, 5.41) is 11.1. The molecule has 4 rings (SSSR count). The zero-order valence-corrected chi connectivity index (χ0v) is 17.9. The van der Waals surface area contributed by atoms with Crippen molar-refractivity contribution in [1.29, 1.82) is 0 Å². The number of aromatic nitrogens is 1. The van der Waals surface area contributed by atoms with Crippen molar-refractivity contribution in [1.82, 2.24) is 4.98 Å². The van der Waals surface area contributed by atoms with Crippen molar-refractivity contribution in [2.75, 3.05) is 19.1 Å². The summed E-state index contributed by atoms with van der Waals surface area (Å²) in [5.74, 6) is -0.537. The van der Waals surface area contributed by atoms with Crippen LogP contribution in [-0.4, -0.2) is 36.0 Å². The van der Waals surface area contributed by atoms with Crippen molar-refractivity contribution in [3.05, 3.63) is 89.1 Å². The van der Waals surface area contributed by atoms with E-state index in [0.717, 1.165) is 0 Å². The monoisotopic (exact) mass is 430 g/mol. The van der Waals surface area contributed by atoms with Crippen molar-refractivity contribution in [3.63, 3.8) is 0 Å². The molecule has 1 unspecified atom stereocenters. The molecule has 0 saturated carbocycles. The fourth-order valence-electron chi connectivity index (χ4n) is 3.82. The van der Waals surface area contributed by atoms with Gasteiger partial charge in [0.05, 0.1) is 25.8 Å². The van der Waals surface area contributed by atoms with E-state index >= 15 is 0 Å². The van der Waals surface area contributed by atoms with Crippen LogP contribution in [0.15, 0.2) is 72.3 Å². The van der Waals surface area contributed by atoms with Crippen molar-refractivity contribution in [3.8, 4) is 11.5 Å².